The van der Waals surface area contributed by atoms with Crippen molar-refractivity contribution in [2.45, 2.75) is 13.1 Å². The van der Waals surface area contributed by atoms with Crippen molar-refractivity contribution < 1.29 is 9.53 Å². The third kappa shape index (κ3) is 1.48. The Labute approximate surface area is 81.5 Å². The van der Waals surface area contributed by atoms with Crippen LogP contribution in [0.5, 0.6) is 0 Å². The Morgan fingerprint density at radius 2 is 2.29 bits per heavy atom. The van der Waals surface area contributed by atoms with Gasteiger partial charge in [-0.3, -0.25) is 4.90 Å². The Morgan fingerprint density at radius 1 is 1.50 bits per heavy atom. The molecule has 0 N–H and O–H groups in total. The monoisotopic (exact) mass is 196 g/mol. The van der Waals surface area contributed by atoms with Crippen LogP contribution in [0.25, 0.3) is 0 Å². The number of ether oxygens (including phenoxy) is 1. The van der Waals surface area contributed by atoms with Gasteiger partial charge in [-0.05, 0) is 7.05 Å². The first-order valence-electron chi connectivity index (χ1n) is 4.41. The van der Waals surface area contributed by atoms with Crippen LogP contribution in [-0.4, -0.2) is 46.3 Å². The second-order valence-corrected chi connectivity index (χ2v) is 3.30. The van der Waals surface area contributed by atoms with E-state index in [0.29, 0.717) is 0 Å². The molecule has 0 saturated carbocycles. The number of methoxy groups -OCH3 is 1. The number of hydrogen-bond acceptors (Lipinski definition) is 5. The summed E-state index contributed by atoms with van der Waals surface area (Å²) in [5.74, 6) is 0.492. The van der Waals surface area contributed by atoms with Gasteiger partial charge in [-0.2, -0.15) is 0 Å². The Hall–Kier alpha value is -1.43. The fourth-order valence-corrected chi connectivity index (χ4v) is 1.43. The second-order valence-electron chi connectivity index (χ2n) is 3.30. The number of rotatable bonds is 1. The van der Waals surface area contributed by atoms with Crippen molar-refractivity contribution in [3.8, 4) is 0 Å². The largest absolute Gasteiger partial charge is 0.463 e. The third-order valence-electron chi connectivity index (χ3n) is 2.22. The quantitative estimate of drug-likeness (QED) is 0.567. The van der Waals surface area contributed by atoms with E-state index >= 15 is 0 Å². The lowest BCUT2D eigenvalue weighted by Crippen LogP contribution is -2.30. The minimum Gasteiger partial charge on any atom is -0.463 e. The lowest BCUT2D eigenvalue weighted by Gasteiger charge is -2.21. The molecule has 6 heteroatoms. The highest BCUT2D eigenvalue weighted by atomic mass is 16.5. The van der Waals surface area contributed by atoms with Gasteiger partial charge in [-0.1, -0.05) is 0 Å². The third-order valence-corrected chi connectivity index (χ3v) is 2.22. The Balaban J connectivity index is 2.27. The summed E-state index contributed by atoms with van der Waals surface area (Å²) in [6, 6.07) is 0. The van der Waals surface area contributed by atoms with Crippen molar-refractivity contribution in [3.63, 3.8) is 0 Å². The number of nitrogens with zero attached hydrogens (tertiary/aromatic N) is 4. The number of esters is 1. The summed E-state index contributed by atoms with van der Waals surface area (Å²) in [7, 11) is 3.34. The molecule has 1 aliphatic heterocycles. The fourth-order valence-electron chi connectivity index (χ4n) is 1.43. The van der Waals surface area contributed by atoms with Crippen LogP contribution < -0.4 is 0 Å². The molecule has 0 aromatic carbocycles. The molecule has 0 saturated heterocycles. The van der Waals surface area contributed by atoms with Gasteiger partial charge in [0, 0.05) is 6.54 Å². The van der Waals surface area contributed by atoms with E-state index in [1.165, 1.54) is 7.11 Å². The molecule has 0 bridgehead atoms. The maximum atomic E-state index is 11.1. The predicted molar refractivity (Wildman–Crippen MR) is 47.7 cm³/mol. The zero-order valence-electron chi connectivity index (χ0n) is 8.23. The van der Waals surface area contributed by atoms with E-state index in [1.807, 2.05) is 7.05 Å². The summed E-state index contributed by atoms with van der Waals surface area (Å²) in [4.78, 5) is 17.4. The van der Waals surface area contributed by atoms with Crippen LogP contribution in [0.3, 0.4) is 0 Å². The van der Waals surface area contributed by atoms with E-state index in [4.69, 9.17) is 0 Å². The molecule has 0 radical (unpaired) electrons. The summed E-state index contributed by atoms with van der Waals surface area (Å²) in [5.41, 5.74) is 0. The first-order chi connectivity index (χ1) is 6.70. The van der Waals surface area contributed by atoms with Crippen molar-refractivity contribution in [2.75, 3.05) is 20.7 Å². The fraction of sp³-hybridized carbons (Fsp3) is 0.625. The molecular formula is C8H12N4O2. The zero-order chi connectivity index (χ0) is 10.1. The van der Waals surface area contributed by atoms with Crippen molar-refractivity contribution in [1.29, 1.82) is 0 Å². The average molecular weight is 196 g/mol. The minimum absolute atomic E-state index is 0.151. The Kier molecular flexibility index (Phi) is 2.20. The summed E-state index contributed by atoms with van der Waals surface area (Å²) in [6.45, 7) is 2.43. The van der Waals surface area contributed by atoms with Gasteiger partial charge in [0.1, 0.15) is 5.82 Å². The second kappa shape index (κ2) is 3.38. The van der Waals surface area contributed by atoms with Crippen molar-refractivity contribution >= 4 is 5.97 Å². The van der Waals surface area contributed by atoms with Crippen molar-refractivity contribution in [3.05, 3.63) is 11.6 Å². The molecule has 6 nitrogen and oxygen atoms in total. The molecule has 76 valence electrons. The predicted octanol–water partition coefficient (Wildman–Crippen LogP) is -0.490. The van der Waals surface area contributed by atoms with Gasteiger partial charge >= 0.3 is 5.97 Å². The number of carbonyl (C=O) groups excluding carboxylic acids is 1. The van der Waals surface area contributed by atoms with Crippen LogP contribution in [0.2, 0.25) is 0 Å². The first kappa shape index (κ1) is 9.14. The van der Waals surface area contributed by atoms with Crippen LogP contribution in [0, 0.1) is 0 Å². The van der Waals surface area contributed by atoms with Crippen LogP contribution >= 0.6 is 0 Å². The summed E-state index contributed by atoms with van der Waals surface area (Å²) < 4.78 is 6.31. The first-order valence-corrected chi connectivity index (χ1v) is 4.41. The standard InChI is InChI=1S/C8H12N4O2/c1-11-3-4-12-6(5-11)9-7(10-12)8(13)14-2/h3-5H2,1-2H3. The van der Waals surface area contributed by atoms with Crippen LogP contribution in [-0.2, 0) is 17.8 Å². The lowest BCUT2D eigenvalue weighted by atomic mass is 10.4. The van der Waals surface area contributed by atoms with Gasteiger partial charge in [-0.15, -0.1) is 5.10 Å². The molecule has 0 fully saturated rings. The lowest BCUT2D eigenvalue weighted by molar-refractivity contribution is 0.0586. The molecular weight excluding hydrogens is 184 g/mol. The zero-order valence-corrected chi connectivity index (χ0v) is 8.23. The molecule has 1 aliphatic rings. The van der Waals surface area contributed by atoms with E-state index < -0.39 is 5.97 Å². The smallest absolute Gasteiger partial charge is 0.377 e. The molecule has 2 rings (SSSR count). The van der Waals surface area contributed by atoms with Gasteiger partial charge in [0.2, 0.25) is 0 Å². The summed E-state index contributed by atoms with van der Waals surface area (Å²) in [5, 5.41) is 4.06. The molecule has 2 heterocycles. The summed E-state index contributed by atoms with van der Waals surface area (Å²) >= 11 is 0. The molecule has 0 unspecified atom stereocenters. The van der Waals surface area contributed by atoms with Gasteiger partial charge in [0.25, 0.3) is 5.82 Å². The summed E-state index contributed by atoms with van der Waals surface area (Å²) in [6.07, 6.45) is 0. The maximum absolute atomic E-state index is 11.1. The highest BCUT2D eigenvalue weighted by Gasteiger charge is 2.20. The molecule has 0 aliphatic carbocycles. The number of likely N-dealkylation sites (N-methyl/N-ethyl adjacent to an activating group) is 1. The number of fused-ring (bicyclic) bond motifs is 1. The SMILES string of the molecule is COC(=O)c1nc2n(n1)CCN(C)C2. The molecule has 1 aromatic rings. The van der Waals surface area contributed by atoms with Gasteiger partial charge < -0.3 is 4.74 Å². The number of aromatic nitrogens is 3. The molecule has 0 spiro atoms. The maximum Gasteiger partial charge on any atom is 0.377 e. The van der Waals surface area contributed by atoms with Gasteiger partial charge in [-0.25, -0.2) is 14.5 Å². The van der Waals surface area contributed by atoms with E-state index in [-0.39, 0.29) is 5.82 Å². The van der Waals surface area contributed by atoms with E-state index in [0.717, 1.165) is 25.5 Å². The van der Waals surface area contributed by atoms with Crippen molar-refractivity contribution in [1.82, 2.24) is 19.7 Å². The van der Waals surface area contributed by atoms with Crippen LogP contribution in [0.4, 0.5) is 0 Å². The molecule has 14 heavy (non-hydrogen) atoms. The molecule has 0 atom stereocenters. The normalized spacial score (nSPS) is 16.4. The molecule has 0 amide bonds. The van der Waals surface area contributed by atoms with Gasteiger partial charge in [0.05, 0.1) is 20.2 Å². The van der Waals surface area contributed by atoms with Crippen molar-refractivity contribution in [2.24, 2.45) is 0 Å². The highest BCUT2D eigenvalue weighted by Crippen LogP contribution is 2.08. The Morgan fingerprint density at radius 3 is 3.00 bits per heavy atom. The van der Waals surface area contributed by atoms with Crippen LogP contribution in [0.1, 0.15) is 16.4 Å². The number of carbonyl (C=O) groups is 1. The average Bonchev–Trinajstić information content (AvgIpc) is 2.59. The highest BCUT2D eigenvalue weighted by molar-refractivity contribution is 5.84. The van der Waals surface area contributed by atoms with Crippen LogP contribution in [0.15, 0.2) is 0 Å². The minimum atomic E-state index is -0.477. The van der Waals surface area contributed by atoms with E-state index in [1.54, 1.807) is 4.68 Å². The van der Waals surface area contributed by atoms with Gasteiger partial charge in [0.15, 0.2) is 0 Å². The molecule has 1 aromatic heterocycles. The Bertz CT molecular complexity index is 360. The topological polar surface area (TPSA) is 60.2 Å². The van der Waals surface area contributed by atoms with E-state index in [2.05, 4.69) is 19.7 Å². The number of hydrogen-bond donors (Lipinski definition) is 0. The van der Waals surface area contributed by atoms with E-state index in [9.17, 15) is 4.79 Å².